The Balaban J connectivity index is 2.07. The second kappa shape index (κ2) is 4.24. The van der Waals surface area contributed by atoms with Crippen molar-refractivity contribution >= 4 is 17.4 Å². The van der Waals surface area contributed by atoms with Crippen molar-refractivity contribution in [1.29, 1.82) is 0 Å². The smallest absolute Gasteiger partial charge is 0.275 e. The second-order valence-electron chi connectivity index (χ2n) is 3.97. The van der Waals surface area contributed by atoms with Crippen molar-refractivity contribution in [3.63, 3.8) is 0 Å². The van der Waals surface area contributed by atoms with Crippen LogP contribution in [0.15, 0.2) is 5.38 Å². The maximum Gasteiger partial charge on any atom is 0.275 e. The molecule has 2 heterocycles. The molecule has 82 valence electrons. The zero-order valence-corrected chi connectivity index (χ0v) is 9.62. The van der Waals surface area contributed by atoms with Gasteiger partial charge in [0.2, 0.25) is 0 Å². The van der Waals surface area contributed by atoms with Crippen LogP contribution in [0.1, 0.15) is 24.3 Å². The first-order valence-electron chi connectivity index (χ1n) is 4.99. The molecule has 1 saturated heterocycles. The molecule has 1 fully saturated rings. The third kappa shape index (κ3) is 2.32. The van der Waals surface area contributed by atoms with Gasteiger partial charge in [-0.25, -0.2) is 0 Å². The van der Waals surface area contributed by atoms with Gasteiger partial charge < -0.3 is 10.2 Å². The normalized spacial score (nSPS) is 26.7. The fourth-order valence-corrected chi connectivity index (χ4v) is 2.34. The lowest BCUT2D eigenvalue weighted by molar-refractivity contribution is 0.0668. The number of aromatic nitrogens is 2. The summed E-state index contributed by atoms with van der Waals surface area (Å²) in [5, 5.41) is 8.87. The van der Waals surface area contributed by atoms with Crippen LogP contribution in [0.2, 0.25) is 0 Å². The number of amides is 1. The van der Waals surface area contributed by atoms with Crippen LogP contribution in [0.5, 0.6) is 0 Å². The molecule has 5 nitrogen and oxygen atoms in total. The van der Waals surface area contributed by atoms with E-state index < -0.39 is 0 Å². The van der Waals surface area contributed by atoms with Gasteiger partial charge in [-0.05, 0) is 25.4 Å². The Labute approximate surface area is 92.6 Å². The first-order valence-corrected chi connectivity index (χ1v) is 5.83. The summed E-state index contributed by atoms with van der Waals surface area (Å²) >= 11 is 1.21. The minimum Gasteiger partial charge on any atom is -0.334 e. The van der Waals surface area contributed by atoms with E-state index >= 15 is 0 Å². The molecular formula is C9H14N4OS. The van der Waals surface area contributed by atoms with E-state index in [4.69, 9.17) is 0 Å². The van der Waals surface area contributed by atoms with Gasteiger partial charge in [0.25, 0.3) is 5.91 Å². The zero-order valence-electron chi connectivity index (χ0n) is 8.80. The number of carbonyl (C=O) groups is 1. The van der Waals surface area contributed by atoms with Crippen molar-refractivity contribution < 1.29 is 4.79 Å². The summed E-state index contributed by atoms with van der Waals surface area (Å²) in [6.07, 6.45) is 0. The highest BCUT2D eigenvalue weighted by atomic mass is 32.1. The average molecular weight is 226 g/mol. The molecule has 15 heavy (non-hydrogen) atoms. The van der Waals surface area contributed by atoms with Crippen molar-refractivity contribution in [2.75, 3.05) is 13.1 Å². The minimum atomic E-state index is -0.0102. The molecule has 0 aliphatic carbocycles. The quantitative estimate of drug-likeness (QED) is 0.751. The standard InChI is InChI=1S/C9H14N4OS/c1-6-3-13(4-7(2)10-6)9(14)8-5-15-12-11-8/h5-7,10H,3-4H2,1-2H3. The van der Waals surface area contributed by atoms with E-state index in [2.05, 4.69) is 28.8 Å². The highest BCUT2D eigenvalue weighted by Gasteiger charge is 2.26. The molecule has 0 saturated carbocycles. The summed E-state index contributed by atoms with van der Waals surface area (Å²) in [4.78, 5) is 13.8. The molecule has 1 aromatic rings. The Hall–Kier alpha value is -1.01. The van der Waals surface area contributed by atoms with Gasteiger partial charge in [-0.1, -0.05) is 4.49 Å². The van der Waals surface area contributed by atoms with E-state index in [1.165, 1.54) is 11.5 Å². The Morgan fingerprint density at radius 2 is 2.20 bits per heavy atom. The Morgan fingerprint density at radius 3 is 2.73 bits per heavy atom. The van der Waals surface area contributed by atoms with E-state index in [-0.39, 0.29) is 5.91 Å². The summed E-state index contributed by atoms with van der Waals surface area (Å²) in [5.41, 5.74) is 0.460. The van der Waals surface area contributed by atoms with Gasteiger partial charge in [0, 0.05) is 30.6 Å². The van der Waals surface area contributed by atoms with Crippen molar-refractivity contribution in [2.24, 2.45) is 0 Å². The molecule has 0 bridgehead atoms. The fraction of sp³-hybridized carbons (Fsp3) is 0.667. The average Bonchev–Trinajstić information content (AvgIpc) is 2.67. The topological polar surface area (TPSA) is 58.1 Å². The Bertz CT molecular complexity index is 330. The van der Waals surface area contributed by atoms with Crippen LogP contribution in [0, 0.1) is 0 Å². The first-order chi connectivity index (χ1) is 7.16. The van der Waals surface area contributed by atoms with Gasteiger partial charge in [0.05, 0.1) is 0 Å². The molecule has 2 rings (SSSR count). The first kappa shape index (κ1) is 10.5. The molecule has 1 aliphatic rings. The van der Waals surface area contributed by atoms with Crippen molar-refractivity contribution in [1.82, 2.24) is 19.8 Å². The highest BCUT2D eigenvalue weighted by molar-refractivity contribution is 7.03. The summed E-state index contributed by atoms with van der Waals surface area (Å²) in [6.45, 7) is 5.63. The molecule has 1 aliphatic heterocycles. The fourth-order valence-electron chi connectivity index (χ4n) is 1.91. The number of rotatable bonds is 1. The monoisotopic (exact) mass is 226 g/mol. The molecule has 1 aromatic heterocycles. The maximum atomic E-state index is 12.0. The van der Waals surface area contributed by atoms with Crippen molar-refractivity contribution in [3.8, 4) is 0 Å². The van der Waals surface area contributed by atoms with E-state index in [0.29, 0.717) is 17.8 Å². The number of nitrogens with one attached hydrogen (secondary N) is 1. The molecule has 2 atom stereocenters. The second-order valence-corrected chi connectivity index (χ2v) is 4.58. The lowest BCUT2D eigenvalue weighted by atomic mass is 10.1. The van der Waals surface area contributed by atoms with E-state index in [9.17, 15) is 4.79 Å². The molecule has 1 N–H and O–H groups in total. The van der Waals surface area contributed by atoms with Gasteiger partial charge >= 0.3 is 0 Å². The van der Waals surface area contributed by atoms with Crippen LogP contribution in [0.3, 0.4) is 0 Å². The molecule has 0 aromatic carbocycles. The summed E-state index contributed by atoms with van der Waals surface area (Å²) < 4.78 is 3.70. The predicted molar refractivity (Wildman–Crippen MR) is 57.9 cm³/mol. The van der Waals surface area contributed by atoms with Crippen LogP contribution in [0.4, 0.5) is 0 Å². The van der Waals surface area contributed by atoms with Gasteiger partial charge in [0.1, 0.15) is 0 Å². The third-order valence-corrected chi connectivity index (χ3v) is 2.93. The minimum absolute atomic E-state index is 0.0102. The van der Waals surface area contributed by atoms with Gasteiger partial charge in [-0.15, -0.1) is 5.10 Å². The lowest BCUT2D eigenvalue weighted by Crippen LogP contribution is -2.55. The largest absolute Gasteiger partial charge is 0.334 e. The lowest BCUT2D eigenvalue weighted by Gasteiger charge is -2.35. The summed E-state index contributed by atoms with van der Waals surface area (Å²) in [6, 6.07) is 0.675. The molecule has 0 radical (unpaired) electrons. The van der Waals surface area contributed by atoms with Crippen LogP contribution >= 0.6 is 11.5 Å². The molecular weight excluding hydrogens is 212 g/mol. The summed E-state index contributed by atoms with van der Waals surface area (Å²) in [5.74, 6) is -0.0102. The van der Waals surface area contributed by atoms with E-state index in [0.717, 1.165) is 13.1 Å². The molecule has 6 heteroatoms. The van der Waals surface area contributed by atoms with Gasteiger partial charge in [-0.2, -0.15) is 0 Å². The van der Waals surface area contributed by atoms with Crippen molar-refractivity contribution in [2.45, 2.75) is 25.9 Å². The maximum absolute atomic E-state index is 12.0. The summed E-state index contributed by atoms with van der Waals surface area (Å²) in [7, 11) is 0. The zero-order chi connectivity index (χ0) is 10.8. The van der Waals surface area contributed by atoms with E-state index in [1.54, 1.807) is 5.38 Å². The number of nitrogens with zero attached hydrogens (tertiary/aromatic N) is 3. The van der Waals surface area contributed by atoms with Gasteiger partial charge in [0.15, 0.2) is 5.69 Å². The van der Waals surface area contributed by atoms with Gasteiger partial charge in [-0.3, -0.25) is 4.79 Å². The van der Waals surface area contributed by atoms with Crippen LogP contribution in [-0.2, 0) is 0 Å². The molecule has 2 unspecified atom stereocenters. The third-order valence-electron chi connectivity index (χ3n) is 2.42. The number of hydrogen-bond acceptors (Lipinski definition) is 5. The molecule has 0 spiro atoms. The van der Waals surface area contributed by atoms with Crippen LogP contribution in [-0.4, -0.2) is 45.6 Å². The predicted octanol–water partition coefficient (Wildman–Crippen LogP) is 0.360. The van der Waals surface area contributed by atoms with Crippen molar-refractivity contribution in [3.05, 3.63) is 11.1 Å². The van der Waals surface area contributed by atoms with Crippen LogP contribution in [0.25, 0.3) is 0 Å². The van der Waals surface area contributed by atoms with Crippen LogP contribution < -0.4 is 5.32 Å². The number of carbonyl (C=O) groups excluding carboxylic acids is 1. The highest BCUT2D eigenvalue weighted by Crippen LogP contribution is 2.09. The Kier molecular flexibility index (Phi) is 2.97. The number of piperazine rings is 1. The molecule has 1 amide bonds. The van der Waals surface area contributed by atoms with E-state index in [1.807, 2.05) is 4.90 Å². The number of hydrogen-bond donors (Lipinski definition) is 1. The SMILES string of the molecule is CC1CN(C(=O)c2csnn2)CC(C)N1. The Morgan fingerprint density at radius 1 is 1.53 bits per heavy atom.